The Morgan fingerprint density at radius 3 is 2.43 bits per heavy atom. The lowest BCUT2D eigenvalue weighted by Gasteiger charge is -2.13. The number of ether oxygens (including phenoxy) is 4. The molecule has 0 saturated heterocycles. The van der Waals surface area contributed by atoms with Gasteiger partial charge in [-0.25, -0.2) is 9.59 Å². The number of rotatable bonds is 9. The molecule has 1 aliphatic rings. The number of carbonyl (C=O) groups is 3. The fourth-order valence-electron chi connectivity index (χ4n) is 3.31. The van der Waals surface area contributed by atoms with Crippen LogP contribution < -0.4 is 14.5 Å². The van der Waals surface area contributed by atoms with E-state index >= 15 is 0 Å². The van der Waals surface area contributed by atoms with E-state index < -0.39 is 11.9 Å². The summed E-state index contributed by atoms with van der Waals surface area (Å²) in [5, 5.41) is 5.65. The maximum atomic E-state index is 13.1. The van der Waals surface area contributed by atoms with Crippen LogP contribution in [0.3, 0.4) is 0 Å². The van der Waals surface area contributed by atoms with Gasteiger partial charge in [0.25, 0.3) is 5.91 Å². The van der Waals surface area contributed by atoms with Gasteiger partial charge < -0.3 is 18.9 Å². The minimum Gasteiger partial charge on any atom is -0.493 e. The largest absolute Gasteiger partial charge is 0.493 e. The Kier molecular flexibility index (Phi) is 8.25. The lowest BCUT2D eigenvalue weighted by atomic mass is 10.1. The van der Waals surface area contributed by atoms with Crippen molar-refractivity contribution in [2.24, 2.45) is 5.10 Å². The number of anilines is 1. The molecular weight excluding hydrogens is 452 g/mol. The molecule has 0 atom stereocenters. The summed E-state index contributed by atoms with van der Waals surface area (Å²) in [6.07, 6.45) is 1.47. The average molecular weight is 481 g/mol. The first kappa shape index (κ1) is 25.5. The summed E-state index contributed by atoms with van der Waals surface area (Å²) in [6.45, 7) is 7.03. The zero-order valence-corrected chi connectivity index (χ0v) is 20.4. The molecule has 9 heteroatoms. The summed E-state index contributed by atoms with van der Waals surface area (Å²) in [4.78, 5) is 36.7. The first-order valence-electron chi connectivity index (χ1n) is 11.1. The van der Waals surface area contributed by atoms with Gasteiger partial charge in [0, 0.05) is 0 Å². The van der Waals surface area contributed by atoms with Crippen molar-refractivity contribution in [1.82, 2.24) is 0 Å². The predicted octanol–water partition coefficient (Wildman–Crippen LogP) is 4.01. The Morgan fingerprint density at radius 2 is 1.80 bits per heavy atom. The number of hydrogen-bond donors (Lipinski definition) is 0. The number of hydrogen-bond acceptors (Lipinski definition) is 8. The van der Waals surface area contributed by atoms with Crippen LogP contribution >= 0.6 is 0 Å². The standard InChI is InChI=1S/C26H28N2O7/c1-6-33-26(31)19-8-10-20(11-9-19)28-25(30)21(17(4)27-28)13-18-7-12-22(23(14-18)32-5)34-15-24(29)35-16(2)3/h7-14,16H,6,15H2,1-5H3. The van der Waals surface area contributed by atoms with E-state index in [2.05, 4.69) is 5.10 Å². The van der Waals surface area contributed by atoms with Crippen molar-refractivity contribution in [3.05, 3.63) is 59.2 Å². The average Bonchev–Trinajstić information content (AvgIpc) is 3.11. The molecule has 184 valence electrons. The zero-order valence-electron chi connectivity index (χ0n) is 20.4. The summed E-state index contributed by atoms with van der Waals surface area (Å²) < 4.78 is 21.0. The highest BCUT2D eigenvalue weighted by Crippen LogP contribution is 2.31. The maximum Gasteiger partial charge on any atom is 0.344 e. The molecule has 0 N–H and O–H groups in total. The lowest BCUT2D eigenvalue weighted by molar-refractivity contribution is -0.149. The lowest BCUT2D eigenvalue weighted by Crippen LogP contribution is -2.21. The molecule has 0 bridgehead atoms. The number of hydrazone groups is 1. The predicted molar refractivity (Wildman–Crippen MR) is 131 cm³/mol. The van der Waals surface area contributed by atoms with E-state index in [9.17, 15) is 14.4 Å². The first-order valence-corrected chi connectivity index (χ1v) is 11.1. The molecule has 0 aliphatic carbocycles. The number of benzene rings is 2. The van der Waals surface area contributed by atoms with Crippen molar-refractivity contribution < 1.29 is 33.3 Å². The molecule has 2 aromatic carbocycles. The number of amides is 1. The molecule has 0 unspecified atom stereocenters. The van der Waals surface area contributed by atoms with Crippen molar-refractivity contribution in [2.75, 3.05) is 25.3 Å². The number of nitrogens with zero attached hydrogens (tertiary/aromatic N) is 2. The second-order valence-electron chi connectivity index (χ2n) is 7.87. The normalized spacial score (nSPS) is 14.2. The minimum absolute atomic E-state index is 0.231. The van der Waals surface area contributed by atoms with E-state index in [-0.39, 0.29) is 25.2 Å². The van der Waals surface area contributed by atoms with Crippen molar-refractivity contribution in [2.45, 2.75) is 33.8 Å². The SMILES string of the molecule is CCOC(=O)c1ccc(N2N=C(C)C(=Cc3ccc(OCC(=O)OC(C)C)c(OC)c3)C2=O)cc1. The maximum absolute atomic E-state index is 13.1. The molecule has 0 aromatic heterocycles. The molecule has 9 nitrogen and oxygen atoms in total. The van der Waals surface area contributed by atoms with Gasteiger partial charge in [-0.15, -0.1) is 0 Å². The van der Waals surface area contributed by atoms with Crippen LogP contribution in [-0.2, 0) is 19.1 Å². The number of methoxy groups -OCH3 is 1. The van der Waals surface area contributed by atoms with Crippen LogP contribution in [0.25, 0.3) is 6.08 Å². The number of carbonyl (C=O) groups excluding carboxylic acids is 3. The fraction of sp³-hybridized carbons (Fsp3) is 0.308. The smallest absolute Gasteiger partial charge is 0.344 e. The molecule has 0 fully saturated rings. The molecule has 0 saturated carbocycles. The first-order chi connectivity index (χ1) is 16.7. The highest BCUT2D eigenvalue weighted by atomic mass is 16.6. The van der Waals surface area contributed by atoms with Gasteiger partial charge in [-0.2, -0.15) is 10.1 Å². The summed E-state index contributed by atoms with van der Waals surface area (Å²) in [6, 6.07) is 11.6. The molecule has 0 radical (unpaired) electrons. The molecule has 35 heavy (non-hydrogen) atoms. The van der Waals surface area contributed by atoms with Crippen LogP contribution in [0.5, 0.6) is 11.5 Å². The second-order valence-corrected chi connectivity index (χ2v) is 7.87. The van der Waals surface area contributed by atoms with Gasteiger partial charge in [-0.05, 0) is 75.7 Å². The van der Waals surface area contributed by atoms with Crippen molar-refractivity contribution >= 4 is 35.3 Å². The Labute approximate surface area is 203 Å². The third-order valence-corrected chi connectivity index (χ3v) is 4.90. The fourth-order valence-corrected chi connectivity index (χ4v) is 3.31. The van der Waals surface area contributed by atoms with Gasteiger partial charge in [-0.3, -0.25) is 4.79 Å². The molecule has 2 aromatic rings. The summed E-state index contributed by atoms with van der Waals surface area (Å²) in [5.41, 5.74) is 2.57. The molecule has 1 heterocycles. The topological polar surface area (TPSA) is 104 Å². The summed E-state index contributed by atoms with van der Waals surface area (Å²) in [5.74, 6) is -0.427. The Hall–Kier alpha value is -4.14. The van der Waals surface area contributed by atoms with E-state index in [1.807, 2.05) is 0 Å². The number of esters is 2. The van der Waals surface area contributed by atoms with E-state index in [0.29, 0.717) is 39.6 Å². The van der Waals surface area contributed by atoms with Crippen LogP contribution in [0.1, 0.15) is 43.6 Å². The third kappa shape index (κ3) is 6.26. The van der Waals surface area contributed by atoms with Crippen LogP contribution in [0.2, 0.25) is 0 Å². The molecule has 3 rings (SSSR count). The molecule has 1 amide bonds. The van der Waals surface area contributed by atoms with Crippen LogP contribution in [0.4, 0.5) is 5.69 Å². The van der Waals surface area contributed by atoms with Gasteiger partial charge in [0.05, 0.1) is 42.4 Å². The third-order valence-electron chi connectivity index (χ3n) is 4.90. The highest BCUT2D eigenvalue weighted by Gasteiger charge is 2.29. The van der Waals surface area contributed by atoms with E-state index in [1.54, 1.807) is 76.2 Å². The molecular formula is C26H28N2O7. The van der Waals surface area contributed by atoms with E-state index in [0.717, 1.165) is 0 Å². The zero-order chi connectivity index (χ0) is 25.5. The minimum atomic E-state index is -0.480. The van der Waals surface area contributed by atoms with E-state index in [4.69, 9.17) is 18.9 Å². The Morgan fingerprint density at radius 1 is 1.09 bits per heavy atom. The van der Waals surface area contributed by atoms with Crippen molar-refractivity contribution in [3.63, 3.8) is 0 Å². The Balaban J connectivity index is 1.76. The van der Waals surface area contributed by atoms with Crippen molar-refractivity contribution in [3.8, 4) is 11.5 Å². The van der Waals surface area contributed by atoms with Gasteiger partial charge in [0.15, 0.2) is 18.1 Å². The Bertz CT molecular complexity index is 1170. The monoisotopic (exact) mass is 480 g/mol. The molecule has 1 aliphatic heterocycles. The van der Waals surface area contributed by atoms with Gasteiger partial charge in [0.1, 0.15) is 0 Å². The van der Waals surface area contributed by atoms with Gasteiger partial charge in [-0.1, -0.05) is 6.07 Å². The van der Waals surface area contributed by atoms with Crippen molar-refractivity contribution in [1.29, 1.82) is 0 Å². The van der Waals surface area contributed by atoms with E-state index in [1.165, 1.54) is 12.1 Å². The van der Waals surface area contributed by atoms with Crippen LogP contribution in [-0.4, -0.2) is 50.0 Å². The highest BCUT2D eigenvalue weighted by molar-refractivity contribution is 6.32. The van der Waals surface area contributed by atoms with Crippen LogP contribution in [0, 0.1) is 0 Å². The quantitative estimate of drug-likeness (QED) is 0.395. The molecule has 0 spiro atoms. The second kappa shape index (κ2) is 11.3. The van der Waals surface area contributed by atoms with Gasteiger partial charge >= 0.3 is 11.9 Å². The van der Waals surface area contributed by atoms with Crippen LogP contribution in [0.15, 0.2) is 53.1 Å². The summed E-state index contributed by atoms with van der Waals surface area (Å²) in [7, 11) is 1.49. The summed E-state index contributed by atoms with van der Waals surface area (Å²) >= 11 is 0. The van der Waals surface area contributed by atoms with Gasteiger partial charge in [0.2, 0.25) is 0 Å².